The largest absolute Gasteiger partial charge is 0.506 e. The third kappa shape index (κ3) is 5.65. The molecule has 8 nitrogen and oxygen atoms in total. The molecule has 1 aromatic carbocycles. The summed E-state index contributed by atoms with van der Waals surface area (Å²) in [6.07, 6.45) is 13.8. The van der Waals surface area contributed by atoms with Crippen molar-refractivity contribution in [3.8, 4) is 17.2 Å². The third-order valence-corrected chi connectivity index (χ3v) is 9.84. The number of ether oxygens (including phenoxy) is 3. The average molecular weight is 631 g/mol. The molecule has 1 aliphatic carbocycles. The minimum atomic E-state index is -1.32. The van der Waals surface area contributed by atoms with Crippen molar-refractivity contribution in [1.29, 1.82) is 0 Å². The number of phenolic OH excluding ortho intramolecular Hbond substituents is 1. The quantitative estimate of drug-likeness (QED) is 0.164. The lowest BCUT2D eigenvalue weighted by Gasteiger charge is -2.48. The summed E-state index contributed by atoms with van der Waals surface area (Å²) in [4.78, 5) is 38.6. The van der Waals surface area contributed by atoms with E-state index in [0.29, 0.717) is 36.1 Å². The van der Waals surface area contributed by atoms with E-state index in [1.165, 1.54) is 12.5 Å². The minimum Gasteiger partial charge on any atom is -0.506 e. The van der Waals surface area contributed by atoms with Gasteiger partial charge in [-0.2, -0.15) is 0 Å². The molecule has 0 radical (unpaired) electrons. The molecule has 5 atom stereocenters. The maximum absolute atomic E-state index is 14.7. The number of Topliss-reactive ketones (excluding diaryl/α,β-unsaturated/α-hetero) is 1. The number of rotatable bonds is 9. The van der Waals surface area contributed by atoms with Crippen molar-refractivity contribution in [2.45, 2.75) is 110 Å². The van der Waals surface area contributed by atoms with Gasteiger partial charge in [-0.05, 0) is 99.6 Å². The Morgan fingerprint density at radius 3 is 2.35 bits per heavy atom. The Bertz CT molecular complexity index is 1630. The lowest BCUT2D eigenvalue weighted by atomic mass is 9.62. The van der Waals surface area contributed by atoms with Gasteiger partial charge in [-0.1, -0.05) is 35.5 Å². The first-order valence-electron chi connectivity index (χ1n) is 16.1. The maximum atomic E-state index is 14.7. The first-order chi connectivity index (χ1) is 21.5. The van der Waals surface area contributed by atoms with Crippen LogP contribution >= 0.6 is 0 Å². The number of allylic oxidation sites excluding steroid dienone is 5. The second kappa shape index (κ2) is 12.0. The van der Waals surface area contributed by atoms with Crippen molar-refractivity contribution < 1.29 is 38.8 Å². The fourth-order valence-electron chi connectivity index (χ4n) is 7.38. The molecule has 246 valence electrons. The zero-order valence-corrected chi connectivity index (χ0v) is 28.2. The van der Waals surface area contributed by atoms with Gasteiger partial charge in [-0.25, -0.2) is 4.79 Å². The Labute approximate surface area is 271 Å². The molecule has 3 aliphatic heterocycles. The first-order valence-corrected chi connectivity index (χ1v) is 16.1. The Balaban J connectivity index is 1.75. The zero-order chi connectivity index (χ0) is 33.8. The number of fused-ring (bicyclic) bond motifs is 2. The molecule has 1 fully saturated rings. The summed E-state index contributed by atoms with van der Waals surface area (Å²) in [5, 5.41) is 21.3. The number of phenols is 1. The van der Waals surface area contributed by atoms with Gasteiger partial charge in [0.15, 0.2) is 11.4 Å². The summed E-state index contributed by atoms with van der Waals surface area (Å²) in [5.74, 6) is -1.94. The number of ketones is 1. The molecule has 0 aromatic heterocycles. The molecule has 1 saturated heterocycles. The van der Waals surface area contributed by atoms with Crippen molar-refractivity contribution in [3.05, 3.63) is 69.4 Å². The molecular formula is C38H46O8. The average Bonchev–Trinajstić information content (AvgIpc) is 3.19. The third-order valence-electron chi connectivity index (χ3n) is 9.84. The Morgan fingerprint density at radius 2 is 1.72 bits per heavy atom. The lowest BCUT2D eigenvalue weighted by Crippen LogP contribution is -2.58. The van der Waals surface area contributed by atoms with Gasteiger partial charge in [0.1, 0.15) is 40.8 Å². The molecule has 0 saturated carbocycles. The van der Waals surface area contributed by atoms with E-state index in [0.717, 1.165) is 18.3 Å². The van der Waals surface area contributed by atoms with Crippen molar-refractivity contribution >= 4 is 24.1 Å². The van der Waals surface area contributed by atoms with E-state index in [-0.39, 0.29) is 34.6 Å². The van der Waals surface area contributed by atoms with Crippen LogP contribution in [0.1, 0.15) is 103 Å². The van der Waals surface area contributed by atoms with Crippen LogP contribution in [0.25, 0.3) is 6.08 Å². The minimum absolute atomic E-state index is 0.0418. The van der Waals surface area contributed by atoms with Crippen molar-refractivity contribution in [3.63, 3.8) is 0 Å². The molecule has 0 bridgehead atoms. The van der Waals surface area contributed by atoms with Crippen LogP contribution in [0.15, 0.2) is 52.7 Å². The van der Waals surface area contributed by atoms with Crippen LogP contribution in [0.3, 0.4) is 0 Å². The topological polar surface area (TPSA) is 119 Å². The molecular weight excluding hydrogens is 584 g/mol. The molecule has 2 N–H and O–H groups in total. The Kier molecular flexibility index (Phi) is 8.75. The molecule has 3 unspecified atom stereocenters. The summed E-state index contributed by atoms with van der Waals surface area (Å²) in [5.41, 5.74) is 1.03. The molecule has 1 spiro atoms. The van der Waals surface area contributed by atoms with Crippen molar-refractivity contribution in [2.75, 3.05) is 0 Å². The van der Waals surface area contributed by atoms with E-state index < -0.39 is 46.5 Å². The van der Waals surface area contributed by atoms with Gasteiger partial charge in [-0.15, -0.1) is 0 Å². The number of aldehydes is 1. The molecule has 8 heteroatoms. The van der Waals surface area contributed by atoms with Gasteiger partial charge in [0.25, 0.3) is 0 Å². The van der Waals surface area contributed by atoms with Crippen LogP contribution in [0, 0.1) is 11.8 Å². The highest BCUT2D eigenvalue weighted by molar-refractivity contribution is 6.16. The Hall–Kier alpha value is -3.91. The van der Waals surface area contributed by atoms with Gasteiger partial charge in [0.2, 0.25) is 0 Å². The van der Waals surface area contributed by atoms with Crippen molar-refractivity contribution in [2.24, 2.45) is 11.8 Å². The van der Waals surface area contributed by atoms with Crippen LogP contribution in [0.5, 0.6) is 17.2 Å². The van der Waals surface area contributed by atoms with E-state index in [2.05, 4.69) is 19.9 Å². The second-order valence-corrected chi connectivity index (χ2v) is 14.4. The number of aromatic hydroxyl groups is 1. The first kappa shape index (κ1) is 33.5. The fraction of sp³-hybridized carbons (Fsp3) is 0.500. The number of hydrogen-bond donors (Lipinski definition) is 2. The predicted molar refractivity (Wildman–Crippen MR) is 176 cm³/mol. The monoisotopic (exact) mass is 630 g/mol. The molecule has 5 rings (SSSR count). The number of carboxylic acids is 1. The number of hydrogen-bond acceptors (Lipinski definition) is 7. The smallest absolute Gasteiger partial charge is 0.330 e. The van der Waals surface area contributed by atoms with E-state index in [4.69, 9.17) is 14.2 Å². The number of aliphatic carboxylic acids is 1. The molecule has 4 aliphatic rings. The van der Waals surface area contributed by atoms with E-state index >= 15 is 0 Å². The summed E-state index contributed by atoms with van der Waals surface area (Å²) in [7, 11) is 0. The van der Waals surface area contributed by atoms with E-state index in [1.54, 1.807) is 12.2 Å². The normalized spacial score (nSPS) is 28.8. The van der Waals surface area contributed by atoms with Crippen LogP contribution in [0.4, 0.5) is 0 Å². The zero-order valence-electron chi connectivity index (χ0n) is 28.2. The van der Waals surface area contributed by atoms with Gasteiger partial charge >= 0.3 is 5.97 Å². The van der Waals surface area contributed by atoms with Gasteiger partial charge in [0.05, 0.1) is 11.2 Å². The molecule has 46 heavy (non-hydrogen) atoms. The Morgan fingerprint density at radius 1 is 1.02 bits per heavy atom. The van der Waals surface area contributed by atoms with Crippen LogP contribution in [-0.2, 0) is 20.7 Å². The maximum Gasteiger partial charge on any atom is 0.330 e. The van der Waals surface area contributed by atoms with Gasteiger partial charge in [0, 0.05) is 28.5 Å². The summed E-state index contributed by atoms with van der Waals surface area (Å²) in [6.45, 7) is 15.5. The summed E-state index contributed by atoms with van der Waals surface area (Å²) < 4.78 is 20.5. The van der Waals surface area contributed by atoms with Crippen LogP contribution < -0.4 is 9.47 Å². The SMILES string of the molecule is CC(C)=CCC[C@]1(C)C=Cc2c(O)c3c(c(CC=C(C)C)c2O1)O[C@]12C(=CC(C=O)CC1C(C)(C)OC2C/C=C(\C)C(=O)O)C3=O. The highest BCUT2D eigenvalue weighted by Gasteiger charge is 2.68. The summed E-state index contributed by atoms with van der Waals surface area (Å²) in [6, 6.07) is 0. The number of carboxylic acid groups (broad SMARTS) is 1. The molecule has 1 aromatic rings. The number of carbonyl (C=O) groups excluding carboxylic acids is 2. The van der Waals surface area contributed by atoms with Gasteiger partial charge in [-0.3, -0.25) is 4.79 Å². The van der Waals surface area contributed by atoms with Crippen LogP contribution in [0.2, 0.25) is 0 Å². The highest BCUT2D eigenvalue weighted by atomic mass is 16.6. The second-order valence-electron chi connectivity index (χ2n) is 14.4. The molecule has 0 amide bonds. The number of benzene rings is 1. The highest BCUT2D eigenvalue weighted by Crippen LogP contribution is 2.61. The lowest BCUT2D eigenvalue weighted by molar-refractivity contribution is -0.132. The molecule has 3 heterocycles. The summed E-state index contributed by atoms with van der Waals surface area (Å²) >= 11 is 0. The van der Waals surface area contributed by atoms with E-state index in [1.807, 2.05) is 52.8 Å². The predicted octanol–water partition coefficient (Wildman–Crippen LogP) is 7.49. The fourth-order valence-corrected chi connectivity index (χ4v) is 7.38. The van der Waals surface area contributed by atoms with Crippen molar-refractivity contribution in [1.82, 2.24) is 0 Å². The standard InChI is InChI=1S/C38H46O8/c1-21(2)10-9-16-37(8)17-15-25-31(40)30-32(41)27-18-24(20-39)19-28-36(6,7)44-29(14-12-23(5)35(42)43)38(27,28)46-34(30)26(33(25)45-37)13-11-22(3)4/h10-12,15,17-18,20,24,28-29,40H,9,13-14,16,19H2,1-8H3,(H,42,43)/b23-12+/t24?,28?,29?,37-,38-/m1/s1. The number of carbonyl (C=O) groups is 3. The van der Waals surface area contributed by atoms with Crippen LogP contribution in [-0.4, -0.2) is 51.2 Å². The van der Waals surface area contributed by atoms with E-state index in [9.17, 15) is 24.6 Å². The van der Waals surface area contributed by atoms with Gasteiger partial charge < -0.3 is 29.2 Å².